The molecular formula is C24H13N3O7. The Kier molecular flexibility index (Phi) is 5.68. The van der Waals surface area contributed by atoms with E-state index in [1.54, 1.807) is 12.1 Å². The molecule has 0 atom stereocenters. The van der Waals surface area contributed by atoms with Crippen molar-refractivity contribution >= 4 is 34.8 Å². The molecule has 0 saturated heterocycles. The van der Waals surface area contributed by atoms with Gasteiger partial charge in [-0.2, -0.15) is 5.26 Å². The van der Waals surface area contributed by atoms with E-state index < -0.39 is 51.8 Å². The van der Waals surface area contributed by atoms with Gasteiger partial charge in [0.15, 0.2) is 12.4 Å². The van der Waals surface area contributed by atoms with Crippen molar-refractivity contribution in [3.8, 4) is 6.07 Å². The van der Waals surface area contributed by atoms with E-state index >= 15 is 0 Å². The first kappa shape index (κ1) is 22.0. The molecule has 0 aromatic heterocycles. The molecule has 1 aliphatic carbocycles. The second kappa shape index (κ2) is 8.76. The van der Waals surface area contributed by atoms with E-state index in [0.29, 0.717) is 11.3 Å². The second-order valence-electron chi connectivity index (χ2n) is 7.16. The standard InChI is InChI=1S/C24H13N3O7/c25-11-13-4-3-5-14(10-13)26-19(28)12-34-24(31)18-9-8-17-20(21(18)27(32)33)23(30)16-7-2-1-6-15(16)22(17)29/h1-10H,12H2,(H,26,28). The van der Waals surface area contributed by atoms with E-state index in [-0.39, 0.29) is 16.7 Å². The number of carbonyl (C=O) groups excluding carboxylic acids is 4. The third-order valence-corrected chi connectivity index (χ3v) is 5.08. The number of nitro benzene ring substituents is 1. The Balaban J connectivity index is 1.60. The lowest BCUT2D eigenvalue weighted by molar-refractivity contribution is -0.385. The molecule has 0 bridgehead atoms. The fourth-order valence-corrected chi connectivity index (χ4v) is 3.60. The van der Waals surface area contributed by atoms with E-state index in [0.717, 1.165) is 12.1 Å². The van der Waals surface area contributed by atoms with Gasteiger partial charge in [0.05, 0.1) is 16.6 Å². The number of esters is 1. The Bertz CT molecular complexity index is 1450. The molecule has 10 nitrogen and oxygen atoms in total. The summed E-state index contributed by atoms with van der Waals surface area (Å²) in [4.78, 5) is 61.4. The number of ether oxygens (including phenoxy) is 1. The topological polar surface area (TPSA) is 156 Å². The first-order valence-electron chi connectivity index (χ1n) is 9.78. The molecule has 3 aromatic rings. The van der Waals surface area contributed by atoms with Crippen molar-refractivity contribution in [2.24, 2.45) is 0 Å². The zero-order chi connectivity index (χ0) is 24.4. The van der Waals surface area contributed by atoms with Crippen LogP contribution in [0.25, 0.3) is 0 Å². The molecular weight excluding hydrogens is 442 g/mol. The minimum atomic E-state index is -1.21. The van der Waals surface area contributed by atoms with Crippen molar-refractivity contribution in [1.29, 1.82) is 5.26 Å². The van der Waals surface area contributed by atoms with Crippen LogP contribution in [-0.2, 0) is 9.53 Å². The van der Waals surface area contributed by atoms with Gasteiger partial charge in [-0.1, -0.05) is 30.3 Å². The van der Waals surface area contributed by atoms with Gasteiger partial charge in [0.1, 0.15) is 11.1 Å². The molecule has 34 heavy (non-hydrogen) atoms. The van der Waals surface area contributed by atoms with Crippen molar-refractivity contribution in [3.63, 3.8) is 0 Å². The highest BCUT2D eigenvalue weighted by atomic mass is 16.6. The van der Waals surface area contributed by atoms with Crippen LogP contribution in [0.3, 0.4) is 0 Å². The molecule has 4 rings (SSSR count). The molecule has 0 spiro atoms. The number of nitrogens with one attached hydrogen (secondary N) is 1. The summed E-state index contributed by atoms with van der Waals surface area (Å²) < 4.78 is 4.92. The van der Waals surface area contributed by atoms with E-state index in [1.165, 1.54) is 36.4 Å². The summed E-state index contributed by atoms with van der Waals surface area (Å²) in [6.07, 6.45) is 0. The molecule has 0 heterocycles. The maximum atomic E-state index is 13.0. The molecule has 3 aromatic carbocycles. The first-order valence-corrected chi connectivity index (χ1v) is 9.78. The van der Waals surface area contributed by atoms with Gasteiger partial charge in [-0.25, -0.2) is 4.79 Å². The first-order chi connectivity index (χ1) is 16.3. The number of rotatable bonds is 5. The number of nitrogens with zero attached hydrogens (tertiary/aromatic N) is 2. The summed E-state index contributed by atoms with van der Waals surface area (Å²) in [7, 11) is 0. The monoisotopic (exact) mass is 455 g/mol. The molecule has 1 N–H and O–H groups in total. The van der Waals surface area contributed by atoms with Crippen molar-refractivity contribution in [3.05, 3.63) is 104 Å². The number of hydrogen-bond acceptors (Lipinski definition) is 8. The summed E-state index contributed by atoms with van der Waals surface area (Å²) in [5, 5.41) is 23.2. The molecule has 0 aliphatic heterocycles. The van der Waals surface area contributed by atoms with Crippen molar-refractivity contribution in [2.45, 2.75) is 0 Å². The summed E-state index contributed by atoms with van der Waals surface area (Å²) in [6.45, 7) is -0.778. The summed E-state index contributed by atoms with van der Waals surface area (Å²) >= 11 is 0. The zero-order valence-electron chi connectivity index (χ0n) is 17.2. The Labute approximate surface area is 191 Å². The summed E-state index contributed by atoms with van der Waals surface area (Å²) in [5.41, 5.74) is -1.42. The normalized spacial score (nSPS) is 11.6. The number of benzene rings is 3. The third-order valence-electron chi connectivity index (χ3n) is 5.08. The Morgan fingerprint density at radius 2 is 1.68 bits per heavy atom. The lowest BCUT2D eigenvalue weighted by atomic mass is 9.82. The van der Waals surface area contributed by atoms with E-state index in [9.17, 15) is 29.3 Å². The van der Waals surface area contributed by atoms with Gasteiger partial charge >= 0.3 is 5.97 Å². The Morgan fingerprint density at radius 1 is 0.971 bits per heavy atom. The third kappa shape index (κ3) is 3.89. The van der Waals surface area contributed by atoms with Crippen molar-refractivity contribution in [2.75, 3.05) is 11.9 Å². The fourth-order valence-electron chi connectivity index (χ4n) is 3.60. The number of ketones is 2. The van der Waals surface area contributed by atoms with Crippen LogP contribution in [0.5, 0.6) is 0 Å². The average Bonchev–Trinajstić information content (AvgIpc) is 2.85. The average molecular weight is 455 g/mol. The van der Waals surface area contributed by atoms with E-state index in [4.69, 9.17) is 10.00 Å². The number of hydrogen-bond donors (Lipinski definition) is 1. The van der Waals surface area contributed by atoms with Crippen molar-refractivity contribution in [1.82, 2.24) is 0 Å². The highest BCUT2D eigenvalue weighted by Crippen LogP contribution is 2.35. The van der Waals surface area contributed by atoms with Crippen LogP contribution >= 0.6 is 0 Å². The maximum absolute atomic E-state index is 13.0. The van der Waals surface area contributed by atoms with Gasteiger partial charge in [-0.15, -0.1) is 0 Å². The van der Waals surface area contributed by atoms with Crippen LogP contribution in [0.1, 0.15) is 47.8 Å². The molecule has 0 unspecified atom stereocenters. The minimum Gasteiger partial charge on any atom is -0.452 e. The van der Waals surface area contributed by atoms with Gasteiger partial charge in [-0.05, 0) is 30.3 Å². The van der Waals surface area contributed by atoms with Crippen LogP contribution in [-0.4, -0.2) is 35.0 Å². The predicted molar refractivity (Wildman–Crippen MR) is 116 cm³/mol. The zero-order valence-corrected chi connectivity index (χ0v) is 17.2. The number of fused-ring (bicyclic) bond motifs is 2. The van der Waals surface area contributed by atoms with E-state index in [2.05, 4.69) is 5.32 Å². The number of amides is 1. The highest BCUT2D eigenvalue weighted by molar-refractivity contribution is 6.30. The number of anilines is 1. The summed E-state index contributed by atoms with van der Waals surface area (Å²) in [5.74, 6) is -3.30. The van der Waals surface area contributed by atoms with Crippen LogP contribution < -0.4 is 5.32 Å². The Hall–Kier alpha value is -5.17. The SMILES string of the molecule is N#Cc1cccc(NC(=O)COC(=O)c2ccc3c(c2[N+](=O)[O-])C(=O)c2ccccc2C3=O)c1. The summed E-state index contributed by atoms with van der Waals surface area (Å²) in [6, 6.07) is 16.0. The minimum absolute atomic E-state index is 0.00686. The Morgan fingerprint density at radius 3 is 2.35 bits per heavy atom. The molecule has 0 fully saturated rings. The fraction of sp³-hybridized carbons (Fsp3) is 0.0417. The largest absolute Gasteiger partial charge is 0.452 e. The van der Waals surface area contributed by atoms with E-state index in [1.807, 2.05) is 6.07 Å². The number of nitro groups is 1. The molecule has 1 amide bonds. The molecule has 166 valence electrons. The van der Waals surface area contributed by atoms with Gasteiger partial charge in [0, 0.05) is 22.4 Å². The molecule has 1 aliphatic rings. The van der Waals surface area contributed by atoms with Gasteiger partial charge in [0.2, 0.25) is 5.78 Å². The number of nitriles is 1. The second-order valence-corrected chi connectivity index (χ2v) is 7.16. The maximum Gasteiger partial charge on any atom is 0.345 e. The lowest BCUT2D eigenvalue weighted by Gasteiger charge is -2.18. The predicted octanol–water partition coefficient (Wildman–Crippen LogP) is 3.04. The molecule has 0 saturated carbocycles. The van der Waals surface area contributed by atoms with Crippen LogP contribution in [0.4, 0.5) is 11.4 Å². The lowest BCUT2D eigenvalue weighted by Crippen LogP contribution is -2.25. The van der Waals surface area contributed by atoms with Gasteiger partial charge in [0.25, 0.3) is 11.6 Å². The number of carbonyl (C=O) groups is 4. The van der Waals surface area contributed by atoms with Crippen LogP contribution in [0.15, 0.2) is 60.7 Å². The van der Waals surface area contributed by atoms with Gasteiger partial charge < -0.3 is 10.1 Å². The smallest absolute Gasteiger partial charge is 0.345 e. The van der Waals surface area contributed by atoms with Crippen LogP contribution in [0, 0.1) is 21.4 Å². The quantitative estimate of drug-likeness (QED) is 0.273. The van der Waals surface area contributed by atoms with Gasteiger partial charge in [-0.3, -0.25) is 24.5 Å². The molecule has 10 heteroatoms. The van der Waals surface area contributed by atoms with Crippen LogP contribution in [0.2, 0.25) is 0 Å². The van der Waals surface area contributed by atoms with Crippen molar-refractivity contribution < 1.29 is 28.8 Å². The molecule has 0 radical (unpaired) electrons. The highest BCUT2D eigenvalue weighted by Gasteiger charge is 2.39.